The zero-order valence-corrected chi connectivity index (χ0v) is 17.6. The quantitative estimate of drug-likeness (QED) is 0.479. The minimum Gasteiger partial charge on any atom is -0.493 e. The molecule has 0 saturated heterocycles. The van der Waals surface area contributed by atoms with Crippen LogP contribution in [0.25, 0.3) is 0 Å². The second-order valence-electron chi connectivity index (χ2n) is 6.55. The van der Waals surface area contributed by atoms with Gasteiger partial charge in [0.2, 0.25) is 5.76 Å². The highest BCUT2D eigenvalue weighted by Gasteiger charge is 2.15. The highest BCUT2D eigenvalue weighted by molar-refractivity contribution is 5.88. The molecule has 2 aromatic carbocycles. The number of hydrogen-bond acceptors (Lipinski definition) is 7. The molecular weight excluding hydrogens is 421 g/mol. The average Bonchev–Trinajstić information content (AvgIpc) is 3.29. The molecule has 1 N–H and O–H groups in total. The molecule has 168 valence electrons. The Morgan fingerprint density at radius 1 is 0.969 bits per heavy atom. The molecule has 0 fully saturated rings. The highest BCUT2D eigenvalue weighted by Crippen LogP contribution is 2.27. The van der Waals surface area contributed by atoms with Crippen LogP contribution in [0.2, 0.25) is 0 Å². The molecule has 0 unspecified atom stereocenters. The summed E-state index contributed by atoms with van der Waals surface area (Å²) in [6, 6.07) is 13.7. The first-order valence-electron chi connectivity index (χ1n) is 9.60. The van der Waals surface area contributed by atoms with Crippen molar-refractivity contribution in [3.05, 3.63) is 77.5 Å². The Balaban J connectivity index is 1.43. The number of carbonyl (C=O) groups excluding carboxylic acids is 2. The van der Waals surface area contributed by atoms with E-state index in [0.717, 1.165) is 5.56 Å². The van der Waals surface area contributed by atoms with Gasteiger partial charge in [-0.3, -0.25) is 4.79 Å². The topological polar surface area (TPSA) is 96.2 Å². The van der Waals surface area contributed by atoms with Crippen molar-refractivity contribution in [3.63, 3.8) is 0 Å². The molecule has 0 spiro atoms. The minimum absolute atomic E-state index is 0.0464. The van der Waals surface area contributed by atoms with Gasteiger partial charge in [0.05, 0.1) is 14.2 Å². The van der Waals surface area contributed by atoms with E-state index in [4.69, 9.17) is 23.4 Å². The molecule has 1 amide bonds. The molecule has 0 aliphatic rings. The minimum atomic E-state index is -0.778. The van der Waals surface area contributed by atoms with Crippen molar-refractivity contribution in [2.45, 2.75) is 13.2 Å². The van der Waals surface area contributed by atoms with Gasteiger partial charge in [-0.2, -0.15) is 0 Å². The second-order valence-corrected chi connectivity index (χ2v) is 6.55. The smallest absolute Gasteiger partial charge is 0.374 e. The molecule has 0 radical (unpaired) electrons. The average molecular weight is 443 g/mol. The highest BCUT2D eigenvalue weighted by atomic mass is 19.1. The van der Waals surface area contributed by atoms with Crippen LogP contribution in [0.1, 0.15) is 21.9 Å². The molecule has 1 aromatic heterocycles. The Bertz CT molecular complexity index is 1060. The van der Waals surface area contributed by atoms with Crippen LogP contribution in [0, 0.1) is 5.82 Å². The third kappa shape index (κ3) is 6.24. The summed E-state index contributed by atoms with van der Waals surface area (Å²) in [5, 5.41) is 2.65. The van der Waals surface area contributed by atoms with Crippen molar-refractivity contribution in [1.82, 2.24) is 5.32 Å². The van der Waals surface area contributed by atoms with Crippen LogP contribution in [-0.2, 0) is 22.7 Å². The predicted molar refractivity (Wildman–Crippen MR) is 111 cm³/mol. The van der Waals surface area contributed by atoms with Gasteiger partial charge in [-0.15, -0.1) is 0 Å². The summed E-state index contributed by atoms with van der Waals surface area (Å²) in [4.78, 5) is 24.1. The Kier molecular flexibility index (Phi) is 7.69. The standard InChI is InChI=1S/C23H22FNO7/c1-28-19-9-3-15(11-21(19)29-2)12-25-22(26)14-31-23(27)20-10-8-18(32-20)13-30-17-6-4-16(24)5-7-17/h3-11H,12-14H2,1-2H3,(H,25,26). The zero-order chi connectivity index (χ0) is 22.9. The lowest BCUT2D eigenvalue weighted by molar-refractivity contribution is -0.124. The maximum absolute atomic E-state index is 12.9. The molecule has 3 aromatic rings. The van der Waals surface area contributed by atoms with E-state index in [0.29, 0.717) is 23.0 Å². The monoisotopic (exact) mass is 443 g/mol. The number of halogens is 1. The van der Waals surface area contributed by atoms with Crippen LogP contribution >= 0.6 is 0 Å². The van der Waals surface area contributed by atoms with Gasteiger partial charge in [-0.05, 0) is 54.1 Å². The number of hydrogen-bond donors (Lipinski definition) is 1. The maximum Gasteiger partial charge on any atom is 0.374 e. The lowest BCUT2D eigenvalue weighted by Gasteiger charge is -2.10. The van der Waals surface area contributed by atoms with E-state index in [9.17, 15) is 14.0 Å². The first-order chi connectivity index (χ1) is 15.5. The fourth-order valence-electron chi connectivity index (χ4n) is 2.69. The number of esters is 1. The molecule has 3 rings (SSSR count). The van der Waals surface area contributed by atoms with Crippen LogP contribution in [0.3, 0.4) is 0 Å². The van der Waals surface area contributed by atoms with Gasteiger partial charge in [0.1, 0.15) is 23.9 Å². The number of methoxy groups -OCH3 is 2. The van der Waals surface area contributed by atoms with Crippen LogP contribution in [-0.4, -0.2) is 32.7 Å². The normalized spacial score (nSPS) is 10.3. The van der Waals surface area contributed by atoms with E-state index >= 15 is 0 Å². The van der Waals surface area contributed by atoms with Crippen molar-refractivity contribution in [2.75, 3.05) is 20.8 Å². The Morgan fingerprint density at radius 3 is 2.44 bits per heavy atom. The summed E-state index contributed by atoms with van der Waals surface area (Å²) < 4.78 is 39.1. The van der Waals surface area contributed by atoms with Gasteiger partial charge in [-0.1, -0.05) is 6.07 Å². The zero-order valence-electron chi connectivity index (χ0n) is 17.6. The fourth-order valence-corrected chi connectivity index (χ4v) is 2.69. The van der Waals surface area contributed by atoms with Crippen molar-refractivity contribution in [1.29, 1.82) is 0 Å². The van der Waals surface area contributed by atoms with Crippen molar-refractivity contribution < 1.29 is 37.3 Å². The number of amides is 1. The van der Waals surface area contributed by atoms with Crippen LogP contribution in [0.4, 0.5) is 4.39 Å². The summed E-state index contributed by atoms with van der Waals surface area (Å²) >= 11 is 0. The van der Waals surface area contributed by atoms with Gasteiger partial charge in [-0.25, -0.2) is 9.18 Å². The third-order valence-electron chi connectivity index (χ3n) is 4.33. The van der Waals surface area contributed by atoms with E-state index in [1.807, 2.05) is 0 Å². The number of rotatable bonds is 10. The predicted octanol–water partition coefficient (Wildman–Crippen LogP) is 3.49. The van der Waals surface area contributed by atoms with E-state index in [-0.39, 0.29) is 24.7 Å². The molecular formula is C23H22FNO7. The third-order valence-corrected chi connectivity index (χ3v) is 4.33. The SMILES string of the molecule is COc1ccc(CNC(=O)COC(=O)c2ccc(COc3ccc(F)cc3)o2)cc1OC. The van der Waals surface area contributed by atoms with E-state index in [1.165, 1.54) is 44.6 Å². The van der Waals surface area contributed by atoms with Crippen molar-refractivity contribution >= 4 is 11.9 Å². The molecule has 0 saturated carbocycles. The molecule has 0 bridgehead atoms. The number of furan rings is 1. The van der Waals surface area contributed by atoms with Crippen molar-refractivity contribution in [3.8, 4) is 17.2 Å². The van der Waals surface area contributed by atoms with Crippen LogP contribution < -0.4 is 19.5 Å². The molecule has 0 aliphatic carbocycles. The fraction of sp³-hybridized carbons (Fsp3) is 0.217. The molecule has 9 heteroatoms. The lowest BCUT2D eigenvalue weighted by Crippen LogP contribution is -2.28. The number of nitrogens with one attached hydrogen (secondary N) is 1. The summed E-state index contributed by atoms with van der Waals surface area (Å²) in [5.74, 6) is 0.278. The van der Waals surface area contributed by atoms with Gasteiger partial charge < -0.3 is 28.7 Å². The molecule has 8 nitrogen and oxygen atoms in total. The summed E-state index contributed by atoms with van der Waals surface area (Å²) in [7, 11) is 3.06. The molecule has 32 heavy (non-hydrogen) atoms. The number of ether oxygens (including phenoxy) is 4. The molecule has 0 atom stereocenters. The van der Waals surface area contributed by atoms with E-state index in [1.54, 1.807) is 24.3 Å². The van der Waals surface area contributed by atoms with Gasteiger partial charge in [0, 0.05) is 6.54 Å². The summed E-state index contributed by atoms with van der Waals surface area (Å²) in [5.41, 5.74) is 0.791. The van der Waals surface area contributed by atoms with Gasteiger partial charge in [0.25, 0.3) is 5.91 Å². The lowest BCUT2D eigenvalue weighted by atomic mass is 10.2. The maximum atomic E-state index is 12.9. The largest absolute Gasteiger partial charge is 0.493 e. The molecule has 0 aliphatic heterocycles. The Labute approximate surface area is 183 Å². The van der Waals surface area contributed by atoms with Crippen LogP contribution in [0.15, 0.2) is 59.0 Å². The first-order valence-corrected chi connectivity index (χ1v) is 9.60. The van der Waals surface area contributed by atoms with Gasteiger partial charge in [0.15, 0.2) is 18.1 Å². The summed E-state index contributed by atoms with van der Waals surface area (Å²) in [6.07, 6.45) is 0. The molecule has 1 heterocycles. The van der Waals surface area contributed by atoms with E-state index < -0.39 is 18.5 Å². The first kappa shape index (κ1) is 22.7. The Hall–Kier alpha value is -4.01. The summed E-state index contributed by atoms with van der Waals surface area (Å²) in [6.45, 7) is -0.193. The van der Waals surface area contributed by atoms with Gasteiger partial charge >= 0.3 is 5.97 Å². The van der Waals surface area contributed by atoms with E-state index in [2.05, 4.69) is 5.32 Å². The number of carbonyl (C=O) groups is 2. The second kappa shape index (κ2) is 10.9. The van der Waals surface area contributed by atoms with Crippen molar-refractivity contribution in [2.24, 2.45) is 0 Å². The van der Waals surface area contributed by atoms with Crippen LogP contribution in [0.5, 0.6) is 17.2 Å². The Morgan fingerprint density at radius 2 is 1.72 bits per heavy atom. The number of benzene rings is 2.